The van der Waals surface area contributed by atoms with Crippen LogP contribution in [0.1, 0.15) is 22.3 Å². The minimum atomic E-state index is -0.553. The molecule has 0 bridgehead atoms. The second kappa shape index (κ2) is 16.4. The quantitative estimate of drug-likeness (QED) is 0.0631. The molecule has 47 heavy (non-hydrogen) atoms. The number of benzene rings is 4. The normalized spacial score (nSPS) is 12.3. The van der Waals surface area contributed by atoms with Crippen molar-refractivity contribution in [3.05, 3.63) is 145 Å². The lowest BCUT2D eigenvalue weighted by atomic mass is 9.68. The minimum absolute atomic E-state index is 0.169. The first-order valence-corrected chi connectivity index (χ1v) is 15.5. The molecule has 0 fully saturated rings. The number of rotatable bonds is 18. The summed E-state index contributed by atoms with van der Waals surface area (Å²) >= 11 is 0. The average molecular weight is 635 g/mol. The van der Waals surface area contributed by atoms with Gasteiger partial charge in [-0.1, -0.05) is 86.0 Å². The standard InChI is InChI=1S/C39H38O8/c1-3-37(40)46-27-23-42-21-25-44-31-17-13-29(14-18-31)39(35-11-7-5-9-33(35)34-10-6-8-12-36(34)39)30-15-19-32(20-16-30)45-26-22-43-24-28-47-38(41)4-2/h3-20H,1-2,21-28H2. The zero-order chi connectivity index (χ0) is 32.9. The Bertz CT molecular complexity index is 1530. The molecule has 4 aromatic carbocycles. The van der Waals surface area contributed by atoms with E-state index in [0.717, 1.165) is 34.8 Å². The first kappa shape index (κ1) is 33.2. The van der Waals surface area contributed by atoms with Crippen molar-refractivity contribution in [2.24, 2.45) is 0 Å². The summed E-state index contributed by atoms with van der Waals surface area (Å²) in [4.78, 5) is 22.3. The molecular formula is C39H38O8. The van der Waals surface area contributed by atoms with Gasteiger partial charge in [-0.05, 0) is 57.6 Å². The molecule has 1 aliphatic carbocycles. The van der Waals surface area contributed by atoms with Gasteiger partial charge >= 0.3 is 11.9 Å². The van der Waals surface area contributed by atoms with Crippen molar-refractivity contribution in [1.82, 2.24) is 0 Å². The monoisotopic (exact) mass is 634 g/mol. The lowest BCUT2D eigenvalue weighted by molar-refractivity contribution is -0.140. The molecule has 0 saturated heterocycles. The van der Waals surface area contributed by atoms with Gasteiger partial charge in [0.15, 0.2) is 0 Å². The first-order chi connectivity index (χ1) is 23.1. The van der Waals surface area contributed by atoms with Gasteiger partial charge in [0.25, 0.3) is 0 Å². The summed E-state index contributed by atoms with van der Waals surface area (Å²) in [6.07, 6.45) is 2.25. The molecule has 0 saturated carbocycles. The zero-order valence-corrected chi connectivity index (χ0v) is 26.2. The van der Waals surface area contributed by atoms with E-state index in [1.807, 2.05) is 24.3 Å². The van der Waals surface area contributed by atoms with Crippen LogP contribution in [-0.2, 0) is 34.0 Å². The van der Waals surface area contributed by atoms with Crippen LogP contribution >= 0.6 is 0 Å². The number of hydrogen-bond donors (Lipinski definition) is 0. The van der Waals surface area contributed by atoms with Crippen LogP contribution in [0, 0.1) is 0 Å². The van der Waals surface area contributed by atoms with E-state index in [9.17, 15) is 9.59 Å². The summed E-state index contributed by atoms with van der Waals surface area (Å²) in [5.74, 6) is 0.525. The Kier molecular flexibility index (Phi) is 11.6. The van der Waals surface area contributed by atoms with Gasteiger partial charge in [0.1, 0.15) is 37.9 Å². The van der Waals surface area contributed by atoms with E-state index < -0.39 is 17.4 Å². The van der Waals surface area contributed by atoms with E-state index >= 15 is 0 Å². The number of ether oxygens (including phenoxy) is 6. The molecule has 8 heteroatoms. The Balaban J connectivity index is 1.30. The molecule has 1 aliphatic rings. The number of fused-ring (bicyclic) bond motifs is 3. The van der Waals surface area contributed by atoms with Crippen molar-refractivity contribution in [2.75, 3.05) is 52.9 Å². The molecule has 0 aromatic heterocycles. The lowest BCUT2D eigenvalue weighted by Gasteiger charge is -2.34. The Morgan fingerprint density at radius 3 is 1.30 bits per heavy atom. The van der Waals surface area contributed by atoms with Crippen LogP contribution in [0.3, 0.4) is 0 Å². The molecule has 5 rings (SSSR count). The molecule has 0 atom stereocenters. The average Bonchev–Trinajstić information content (AvgIpc) is 3.42. The maximum atomic E-state index is 11.1. The van der Waals surface area contributed by atoms with Gasteiger partial charge in [-0.25, -0.2) is 9.59 Å². The van der Waals surface area contributed by atoms with E-state index in [1.165, 1.54) is 22.3 Å². The van der Waals surface area contributed by atoms with E-state index in [-0.39, 0.29) is 26.4 Å². The van der Waals surface area contributed by atoms with Crippen molar-refractivity contribution in [3.63, 3.8) is 0 Å². The van der Waals surface area contributed by atoms with Crippen LogP contribution in [0.2, 0.25) is 0 Å². The maximum Gasteiger partial charge on any atom is 0.330 e. The smallest absolute Gasteiger partial charge is 0.330 e. The maximum absolute atomic E-state index is 11.1. The summed E-state index contributed by atoms with van der Waals surface area (Å²) in [5.41, 5.74) is 6.50. The highest BCUT2D eigenvalue weighted by Gasteiger charge is 2.45. The van der Waals surface area contributed by atoms with Crippen LogP contribution in [0.4, 0.5) is 0 Å². The van der Waals surface area contributed by atoms with E-state index in [0.29, 0.717) is 26.4 Å². The highest BCUT2D eigenvalue weighted by Crippen LogP contribution is 2.56. The van der Waals surface area contributed by atoms with Crippen molar-refractivity contribution in [1.29, 1.82) is 0 Å². The molecule has 0 unspecified atom stereocenters. The number of hydrogen-bond acceptors (Lipinski definition) is 8. The number of carbonyl (C=O) groups excluding carboxylic acids is 2. The number of esters is 2. The van der Waals surface area contributed by atoms with Crippen LogP contribution < -0.4 is 9.47 Å². The minimum Gasteiger partial charge on any atom is -0.491 e. The van der Waals surface area contributed by atoms with E-state index in [1.54, 1.807) is 0 Å². The van der Waals surface area contributed by atoms with Crippen LogP contribution in [0.25, 0.3) is 11.1 Å². The third-order valence-electron chi connectivity index (χ3n) is 7.80. The fourth-order valence-electron chi connectivity index (χ4n) is 5.79. The summed E-state index contributed by atoms with van der Waals surface area (Å²) in [5, 5.41) is 0. The molecule has 0 heterocycles. The van der Waals surface area contributed by atoms with Gasteiger partial charge in [0, 0.05) is 12.2 Å². The molecule has 4 aromatic rings. The SMILES string of the molecule is C=CC(=O)OCCOCCOc1ccc(C2(c3ccc(OCCOCCOC(=O)C=C)cc3)c3ccccc3-c3ccccc32)cc1. The van der Waals surface area contributed by atoms with Gasteiger partial charge in [0.05, 0.1) is 31.8 Å². The fourth-order valence-corrected chi connectivity index (χ4v) is 5.79. The molecule has 8 nitrogen and oxygen atoms in total. The molecule has 0 aliphatic heterocycles. The fraction of sp³-hybridized carbons (Fsp3) is 0.231. The third-order valence-corrected chi connectivity index (χ3v) is 7.80. The highest BCUT2D eigenvalue weighted by molar-refractivity contribution is 5.86. The molecular weight excluding hydrogens is 596 g/mol. The van der Waals surface area contributed by atoms with Crippen molar-refractivity contribution >= 4 is 11.9 Å². The predicted molar refractivity (Wildman–Crippen MR) is 179 cm³/mol. The topological polar surface area (TPSA) is 89.5 Å². The highest BCUT2D eigenvalue weighted by atomic mass is 16.6. The Morgan fingerprint density at radius 1 is 0.511 bits per heavy atom. The van der Waals surface area contributed by atoms with Crippen LogP contribution in [0.5, 0.6) is 11.5 Å². The second-order valence-corrected chi connectivity index (χ2v) is 10.6. The molecule has 0 N–H and O–H groups in total. The van der Waals surface area contributed by atoms with Gasteiger partial charge in [-0.15, -0.1) is 0 Å². The van der Waals surface area contributed by atoms with Gasteiger partial charge in [-0.3, -0.25) is 0 Å². The van der Waals surface area contributed by atoms with E-state index in [4.69, 9.17) is 28.4 Å². The summed E-state index contributed by atoms with van der Waals surface area (Å²) in [7, 11) is 0. The molecule has 0 amide bonds. The third kappa shape index (κ3) is 7.80. The van der Waals surface area contributed by atoms with Gasteiger partial charge in [-0.2, -0.15) is 0 Å². The Hall–Kier alpha value is -5.18. The predicted octanol–water partition coefficient (Wildman–Crippen LogP) is 6.30. The Labute approximate surface area is 275 Å². The lowest BCUT2D eigenvalue weighted by Crippen LogP contribution is -2.28. The molecule has 0 radical (unpaired) electrons. The van der Waals surface area contributed by atoms with E-state index in [2.05, 4.69) is 86.0 Å². The largest absolute Gasteiger partial charge is 0.491 e. The summed E-state index contributed by atoms with van der Waals surface area (Å²) in [6, 6.07) is 33.6. The van der Waals surface area contributed by atoms with Crippen LogP contribution in [0.15, 0.2) is 122 Å². The van der Waals surface area contributed by atoms with Gasteiger partial charge < -0.3 is 28.4 Å². The zero-order valence-electron chi connectivity index (χ0n) is 26.2. The van der Waals surface area contributed by atoms with Crippen LogP contribution in [-0.4, -0.2) is 64.8 Å². The summed E-state index contributed by atoms with van der Waals surface area (Å²) < 4.78 is 32.7. The second-order valence-electron chi connectivity index (χ2n) is 10.6. The van der Waals surface area contributed by atoms with Crippen molar-refractivity contribution in [2.45, 2.75) is 5.41 Å². The van der Waals surface area contributed by atoms with Gasteiger partial charge in [0.2, 0.25) is 0 Å². The first-order valence-electron chi connectivity index (χ1n) is 15.5. The van der Waals surface area contributed by atoms with Crippen molar-refractivity contribution < 1.29 is 38.0 Å². The molecule has 242 valence electrons. The number of carbonyl (C=O) groups is 2. The molecule has 0 spiro atoms. The van der Waals surface area contributed by atoms with Crippen molar-refractivity contribution in [3.8, 4) is 22.6 Å². The summed E-state index contributed by atoms with van der Waals surface area (Å²) in [6.45, 7) is 9.11. The Morgan fingerprint density at radius 2 is 0.894 bits per heavy atom.